The minimum absolute atomic E-state index is 0.0736. The normalized spacial score (nSPS) is 15.3. The molecule has 1 aliphatic rings. The maximum absolute atomic E-state index is 13.0. The predicted octanol–water partition coefficient (Wildman–Crippen LogP) is 2.76. The molecule has 2 aromatic rings. The number of nitrogens with zero attached hydrogens (tertiary/aromatic N) is 3. The Bertz CT molecular complexity index is 744. The largest absolute Gasteiger partial charge is 0.416 e. The number of hydrogen-bond acceptors (Lipinski definition) is 6. The van der Waals surface area contributed by atoms with Crippen LogP contribution in [-0.4, -0.2) is 41.2 Å². The molecule has 0 atom stereocenters. The Morgan fingerprint density at radius 1 is 1.31 bits per heavy atom. The second-order valence-electron chi connectivity index (χ2n) is 6.10. The van der Waals surface area contributed by atoms with Gasteiger partial charge < -0.3 is 11.1 Å². The summed E-state index contributed by atoms with van der Waals surface area (Å²) in [4.78, 5) is 8.08. The third-order valence-electron chi connectivity index (χ3n) is 4.15. The van der Waals surface area contributed by atoms with Crippen LogP contribution in [0.3, 0.4) is 0 Å². The van der Waals surface area contributed by atoms with Crippen molar-refractivity contribution in [2.24, 2.45) is 0 Å². The second kappa shape index (κ2) is 7.88. The molecule has 0 saturated carbocycles. The lowest BCUT2D eigenvalue weighted by Crippen LogP contribution is -2.32. The fourth-order valence-electron chi connectivity index (χ4n) is 2.86. The summed E-state index contributed by atoms with van der Waals surface area (Å²) in [5, 5.41) is 5.32. The third-order valence-corrected chi connectivity index (χ3v) is 4.15. The van der Waals surface area contributed by atoms with Gasteiger partial charge in [0.1, 0.15) is 5.82 Å². The Morgan fingerprint density at radius 2 is 2.15 bits per heavy atom. The van der Waals surface area contributed by atoms with Crippen molar-refractivity contribution in [3.8, 4) is 11.1 Å². The van der Waals surface area contributed by atoms with Gasteiger partial charge in [0.25, 0.3) is 0 Å². The van der Waals surface area contributed by atoms with Crippen LogP contribution in [0.4, 0.5) is 24.9 Å². The number of rotatable bonds is 6. The smallest absolute Gasteiger partial charge is 0.369 e. The summed E-state index contributed by atoms with van der Waals surface area (Å²) in [6, 6.07) is 5.10. The molecule has 6 nitrogen and oxygen atoms in total. The van der Waals surface area contributed by atoms with Crippen LogP contribution in [0.25, 0.3) is 11.1 Å². The van der Waals surface area contributed by atoms with Crippen LogP contribution in [0, 0.1) is 0 Å². The van der Waals surface area contributed by atoms with Crippen molar-refractivity contribution in [3.63, 3.8) is 0 Å². The van der Waals surface area contributed by atoms with E-state index in [1.165, 1.54) is 12.3 Å². The van der Waals surface area contributed by atoms with Crippen molar-refractivity contribution in [1.29, 1.82) is 0 Å². The summed E-state index contributed by atoms with van der Waals surface area (Å²) >= 11 is 0. The van der Waals surface area contributed by atoms with Gasteiger partial charge in [-0.25, -0.2) is 9.99 Å². The average molecular weight is 366 g/mol. The number of nitrogens with one attached hydrogen (secondary N) is 2. The van der Waals surface area contributed by atoms with Crippen molar-refractivity contribution < 1.29 is 13.2 Å². The van der Waals surface area contributed by atoms with Gasteiger partial charge in [-0.05, 0) is 30.5 Å². The number of halogens is 3. The minimum atomic E-state index is -4.40. The molecule has 1 aromatic heterocycles. The van der Waals surface area contributed by atoms with Crippen molar-refractivity contribution in [3.05, 3.63) is 36.0 Å². The maximum atomic E-state index is 13.0. The number of hydrogen-bond donors (Lipinski definition) is 3. The number of nitrogen functional groups attached to an aromatic ring is 1. The van der Waals surface area contributed by atoms with Gasteiger partial charge in [0.2, 0.25) is 5.95 Å². The van der Waals surface area contributed by atoms with Crippen molar-refractivity contribution >= 4 is 11.8 Å². The van der Waals surface area contributed by atoms with Gasteiger partial charge in [-0.2, -0.15) is 18.2 Å². The van der Waals surface area contributed by atoms with Crippen LogP contribution in [0.15, 0.2) is 30.5 Å². The van der Waals surface area contributed by atoms with Crippen LogP contribution in [-0.2, 0) is 6.18 Å². The molecule has 2 heterocycles. The monoisotopic (exact) mass is 366 g/mol. The number of aromatic nitrogens is 2. The summed E-state index contributed by atoms with van der Waals surface area (Å²) < 4.78 is 38.9. The quantitative estimate of drug-likeness (QED) is 0.683. The fourth-order valence-corrected chi connectivity index (χ4v) is 2.86. The predicted molar refractivity (Wildman–Crippen MR) is 94.2 cm³/mol. The molecule has 1 aromatic carbocycles. The first-order chi connectivity index (χ1) is 12.4. The van der Waals surface area contributed by atoms with Gasteiger partial charge in [0, 0.05) is 37.9 Å². The van der Waals surface area contributed by atoms with Gasteiger partial charge in [-0.3, -0.25) is 5.43 Å². The average Bonchev–Trinajstić information content (AvgIpc) is 3.12. The van der Waals surface area contributed by atoms with E-state index in [4.69, 9.17) is 5.73 Å². The van der Waals surface area contributed by atoms with E-state index in [-0.39, 0.29) is 5.95 Å². The molecule has 0 spiro atoms. The zero-order valence-corrected chi connectivity index (χ0v) is 14.2. The second-order valence-corrected chi connectivity index (χ2v) is 6.10. The van der Waals surface area contributed by atoms with Crippen molar-refractivity contribution in [2.45, 2.75) is 19.0 Å². The van der Waals surface area contributed by atoms with Crippen molar-refractivity contribution in [2.75, 3.05) is 37.2 Å². The molecule has 0 unspecified atom stereocenters. The Balaban J connectivity index is 1.73. The molecule has 0 amide bonds. The molecule has 1 saturated heterocycles. The molecular weight excluding hydrogens is 345 g/mol. The van der Waals surface area contributed by atoms with Crippen LogP contribution >= 0.6 is 0 Å². The molecule has 4 N–H and O–H groups in total. The van der Waals surface area contributed by atoms with Crippen LogP contribution < -0.4 is 16.5 Å². The highest BCUT2D eigenvalue weighted by Gasteiger charge is 2.30. The zero-order valence-electron chi connectivity index (χ0n) is 14.2. The summed E-state index contributed by atoms with van der Waals surface area (Å²) in [6.45, 7) is 3.53. The number of benzene rings is 1. The molecule has 0 radical (unpaired) electrons. The van der Waals surface area contributed by atoms with E-state index < -0.39 is 11.7 Å². The standard InChI is InChI=1S/C17H21F3N6/c18-17(19,20)13-5-1-4-12(10-13)14-11-23-16(21)25-15(14)22-6-2-8-26-9-3-7-24-26/h1,4-5,10-11,24H,2-3,6-9H2,(H3,21,22,23,25). The van der Waals surface area contributed by atoms with Gasteiger partial charge in [0.15, 0.2) is 0 Å². The molecule has 1 aliphatic heterocycles. The Hall–Kier alpha value is -2.39. The highest BCUT2D eigenvalue weighted by atomic mass is 19.4. The highest BCUT2D eigenvalue weighted by molar-refractivity contribution is 5.75. The molecule has 140 valence electrons. The van der Waals surface area contributed by atoms with Crippen LogP contribution in [0.2, 0.25) is 0 Å². The SMILES string of the molecule is Nc1ncc(-c2cccc(C(F)(F)F)c2)c(NCCCN2CCCN2)n1. The third kappa shape index (κ3) is 4.61. The number of hydrazine groups is 1. The lowest BCUT2D eigenvalue weighted by Gasteiger charge is -2.16. The van der Waals surface area contributed by atoms with Gasteiger partial charge in [0.05, 0.1) is 5.56 Å². The number of alkyl halides is 3. The van der Waals surface area contributed by atoms with E-state index in [1.54, 1.807) is 6.07 Å². The zero-order chi connectivity index (χ0) is 18.6. The first-order valence-corrected chi connectivity index (χ1v) is 8.46. The molecule has 1 fully saturated rings. The van der Waals surface area contributed by atoms with E-state index in [0.29, 0.717) is 23.5 Å². The first-order valence-electron chi connectivity index (χ1n) is 8.46. The Labute approximate surface area is 149 Å². The van der Waals surface area contributed by atoms with Gasteiger partial charge in [-0.15, -0.1) is 0 Å². The van der Waals surface area contributed by atoms with E-state index >= 15 is 0 Å². The van der Waals surface area contributed by atoms with E-state index in [1.807, 2.05) is 0 Å². The van der Waals surface area contributed by atoms with Gasteiger partial charge >= 0.3 is 6.18 Å². The fraction of sp³-hybridized carbons (Fsp3) is 0.412. The van der Waals surface area contributed by atoms with Gasteiger partial charge in [-0.1, -0.05) is 12.1 Å². The molecule has 0 bridgehead atoms. The topological polar surface area (TPSA) is 79.1 Å². The van der Waals surface area contributed by atoms with E-state index in [0.717, 1.165) is 44.6 Å². The van der Waals surface area contributed by atoms with Crippen molar-refractivity contribution in [1.82, 2.24) is 20.4 Å². The Morgan fingerprint density at radius 3 is 2.88 bits per heavy atom. The Kier molecular flexibility index (Phi) is 5.58. The summed E-state index contributed by atoms with van der Waals surface area (Å²) in [5.41, 5.74) is 9.10. The molecule has 26 heavy (non-hydrogen) atoms. The minimum Gasteiger partial charge on any atom is -0.369 e. The summed E-state index contributed by atoms with van der Waals surface area (Å²) in [7, 11) is 0. The lowest BCUT2D eigenvalue weighted by atomic mass is 10.0. The van der Waals surface area contributed by atoms with Crippen LogP contribution in [0.1, 0.15) is 18.4 Å². The maximum Gasteiger partial charge on any atom is 0.416 e. The molecular formula is C17H21F3N6. The first kappa shape index (κ1) is 18.4. The number of nitrogens with two attached hydrogens (primary N) is 1. The summed E-state index contributed by atoms with van der Waals surface area (Å²) in [5.74, 6) is 0.510. The van der Waals surface area contributed by atoms with Crippen LogP contribution in [0.5, 0.6) is 0 Å². The summed E-state index contributed by atoms with van der Waals surface area (Å²) in [6.07, 6.45) is -0.961. The number of anilines is 2. The molecule has 3 rings (SSSR count). The van der Waals surface area contributed by atoms with E-state index in [2.05, 4.69) is 25.7 Å². The highest BCUT2D eigenvalue weighted by Crippen LogP contribution is 2.33. The van der Waals surface area contributed by atoms with E-state index in [9.17, 15) is 13.2 Å². The lowest BCUT2D eigenvalue weighted by molar-refractivity contribution is -0.137. The molecule has 0 aliphatic carbocycles. The molecule has 9 heteroatoms.